The van der Waals surface area contributed by atoms with Crippen molar-refractivity contribution < 1.29 is 0 Å². The van der Waals surface area contributed by atoms with Crippen LogP contribution in [0.15, 0.2) is 42.0 Å². The van der Waals surface area contributed by atoms with E-state index >= 15 is 0 Å². The molecule has 1 heteroatoms. The van der Waals surface area contributed by atoms with E-state index in [1.807, 2.05) is 0 Å². The van der Waals surface area contributed by atoms with Crippen LogP contribution in [-0.4, -0.2) is 5.54 Å². The maximum absolute atomic E-state index is 6.79. The summed E-state index contributed by atoms with van der Waals surface area (Å²) in [6, 6.07) is 8.87. The Kier molecular flexibility index (Phi) is 4.43. The number of hydrogen-bond donors (Lipinski definition) is 1. The Morgan fingerprint density at radius 1 is 1.14 bits per heavy atom. The van der Waals surface area contributed by atoms with Crippen molar-refractivity contribution in [3.63, 3.8) is 0 Å². The predicted molar refractivity (Wildman–Crippen MR) is 93.2 cm³/mol. The van der Waals surface area contributed by atoms with Crippen molar-refractivity contribution >= 4 is 5.57 Å². The molecule has 1 aliphatic rings. The molecule has 0 spiro atoms. The number of rotatable bonds is 3. The van der Waals surface area contributed by atoms with E-state index in [9.17, 15) is 0 Å². The van der Waals surface area contributed by atoms with Crippen molar-refractivity contribution in [3.8, 4) is 0 Å². The molecule has 0 heterocycles. The average molecular weight is 283 g/mol. The van der Waals surface area contributed by atoms with Gasteiger partial charge in [-0.05, 0) is 60.8 Å². The van der Waals surface area contributed by atoms with Gasteiger partial charge in [0.15, 0.2) is 0 Å². The van der Waals surface area contributed by atoms with Crippen molar-refractivity contribution in [1.82, 2.24) is 0 Å². The van der Waals surface area contributed by atoms with Gasteiger partial charge in [-0.15, -0.1) is 0 Å². The lowest BCUT2D eigenvalue weighted by molar-refractivity contribution is 0.337. The molecule has 2 unspecified atom stereocenters. The number of nitrogens with two attached hydrogens (primary N) is 1. The molecule has 0 bridgehead atoms. The molecule has 1 aromatic rings. The van der Waals surface area contributed by atoms with Crippen LogP contribution in [0.2, 0.25) is 0 Å². The first-order valence-electron chi connectivity index (χ1n) is 8.15. The Balaban J connectivity index is 2.49. The molecule has 21 heavy (non-hydrogen) atoms. The first-order valence-corrected chi connectivity index (χ1v) is 8.15. The maximum atomic E-state index is 6.79. The van der Waals surface area contributed by atoms with Gasteiger partial charge in [-0.1, -0.05) is 57.2 Å². The fourth-order valence-electron chi connectivity index (χ4n) is 3.74. The fraction of sp³-hybridized carbons (Fsp3) is 0.500. The van der Waals surface area contributed by atoms with E-state index < -0.39 is 0 Å². The second-order valence-corrected chi connectivity index (χ2v) is 6.69. The van der Waals surface area contributed by atoms with Gasteiger partial charge < -0.3 is 5.73 Å². The molecular formula is C20H29N. The van der Waals surface area contributed by atoms with E-state index in [4.69, 9.17) is 5.73 Å². The number of hydrogen-bond acceptors (Lipinski definition) is 1. The summed E-state index contributed by atoms with van der Waals surface area (Å²) in [5.41, 5.74) is 11.9. The molecule has 1 aromatic carbocycles. The molecular weight excluding hydrogens is 254 g/mol. The molecule has 0 saturated heterocycles. The molecule has 2 N–H and O–H groups in total. The second kappa shape index (κ2) is 5.81. The Morgan fingerprint density at radius 2 is 1.76 bits per heavy atom. The van der Waals surface area contributed by atoms with Gasteiger partial charge in [-0.3, -0.25) is 0 Å². The fourth-order valence-corrected chi connectivity index (χ4v) is 3.74. The zero-order chi connectivity index (χ0) is 15.7. The first-order chi connectivity index (χ1) is 9.89. The normalized spacial score (nSPS) is 31.3. The third-order valence-electron chi connectivity index (χ3n) is 5.27. The van der Waals surface area contributed by atoms with E-state index in [-0.39, 0.29) is 11.0 Å². The van der Waals surface area contributed by atoms with Gasteiger partial charge in [0.1, 0.15) is 0 Å². The van der Waals surface area contributed by atoms with E-state index in [1.165, 1.54) is 22.3 Å². The molecule has 0 fully saturated rings. The van der Waals surface area contributed by atoms with Gasteiger partial charge >= 0.3 is 0 Å². The third-order valence-corrected chi connectivity index (χ3v) is 5.27. The molecule has 0 aromatic heterocycles. The number of aryl methyl sites for hydroxylation is 1. The highest BCUT2D eigenvalue weighted by Gasteiger charge is 2.42. The predicted octanol–water partition coefficient (Wildman–Crippen LogP) is 5.12. The van der Waals surface area contributed by atoms with Crippen LogP contribution >= 0.6 is 0 Å². The number of benzene rings is 1. The summed E-state index contributed by atoms with van der Waals surface area (Å²) >= 11 is 0. The molecule has 1 nitrogen and oxygen atoms in total. The maximum Gasteiger partial charge on any atom is 0.0604 e. The van der Waals surface area contributed by atoms with Crippen LogP contribution in [0.5, 0.6) is 0 Å². The summed E-state index contributed by atoms with van der Waals surface area (Å²) in [5, 5.41) is 0. The lowest BCUT2D eigenvalue weighted by atomic mass is 9.62. The zero-order valence-electron chi connectivity index (χ0n) is 14.2. The van der Waals surface area contributed by atoms with Crippen molar-refractivity contribution in [2.75, 3.05) is 0 Å². The SMILES string of the molecule is C/C=C1\C(C)(CC)CC=C(c2ccc(CC)cc2)C1(C)N. The Morgan fingerprint density at radius 3 is 2.24 bits per heavy atom. The number of allylic oxidation sites excluding steroid dienone is 2. The molecule has 114 valence electrons. The second-order valence-electron chi connectivity index (χ2n) is 6.69. The average Bonchev–Trinajstić information content (AvgIpc) is 2.47. The highest BCUT2D eigenvalue weighted by molar-refractivity contribution is 5.78. The van der Waals surface area contributed by atoms with Crippen molar-refractivity contribution in [1.29, 1.82) is 0 Å². The molecule has 2 rings (SSSR count). The van der Waals surface area contributed by atoms with Crippen molar-refractivity contribution in [2.24, 2.45) is 11.1 Å². The van der Waals surface area contributed by atoms with Crippen LogP contribution in [0.1, 0.15) is 58.6 Å². The van der Waals surface area contributed by atoms with E-state index in [1.54, 1.807) is 0 Å². The van der Waals surface area contributed by atoms with Crippen LogP contribution in [0.4, 0.5) is 0 Å². The largest absolute Gasteiger partial charge is 0.318 e. The lowest BCUT2D eigenvalue weighted by Gasteiger charge is -2.45. The Labute approximate surface area is 129 Å². The van der Waals surface area contributed by atoms with Gasteiger partial charge in [0.25, 0.3) is 0 Å². The molecule has 0 saturated carbocycles. The minimum Gasteiger partial charge on any atom is -0.318 e. The lowest BCUT2D eigenvalue weighted by Crippen LogP contribution is -2.47. The molecule has 2 atom stereocenters. The van der Waals surface area contributed by atoms with Crippen LogP contribution in [0, 0.1) is 5.41 Å². The van der Waals surface area contributed by atoms with Crippen LogP contribution in [0.25, 0.3) is 5.57 Å². The van der Waals surface area contributed by atoms with Crippen LogP contribution in [-0.2, 0) is 6.42 Å². The monoisotopic (exact) mass is 283 g/mol. The van der Waals surface area contributed by atoms with Gasteiger partial charge in [0.2, 0.25) is 0 Å². The topological polar surface area (TPSA) is 26.0 Å². The smallest absolute Gasteiger partial charge is 0.0604 e. The van der Waals surface area contributed by atoms with Gasteiger partial charge in [0.05, 0.1) is 5.54 Å². The minimum atomic E-state index is -0.383. The highest BCUT2D eigenvalue weighted by atomic mass is 14.8. The zero-order valence-corrected chi connectivity index (χ0v) is 14.2. The standard InChI is InChI=1S/C20H29N/c1-6-15-9-11-16(12-10-15)17-13-14-19(4,8-3)18(7-2)20(17,5)21/h7,9-13H,6,8,14,21H2,1-5H3/b18-7+. The Bertz CT molecular complexity index is 560. The van der Waals surface area contributed by atoms with Gasteiger partial charge in [-0.2, -0.15) is 0 Å². The van der Waals surface area contributed by atoms with Crippen molar-refractivity contribution in [3.05, 3.63) is 53.1 Å². The molecule has 0 amide bonds. The van der Waals surface area contributed by atoms with Crippen molar-refractivity contribution in [2.45, 2.75) is 59.4 Å². The third kappa shape index (κ3) is 2.72. The summed E-state index contributed by atoms with van der Waals surface area (Å²) in [6.07, 6.45) is 7.86. The summed E-state index contributed by atoms with van der Waals surface area (Å²) in [6.45, 7) is 11.1. The van der Waals surface area contributed by atoms with E-state index in [0.29, 0.717) is 0 Å². The summed E-state index contributed by atoms with van der Waals surface area (Å²) in [5.74, 6) is 0. The molecule has 0 aliphatic heterocycles. The van der Waals surface area contributed by atoms with E-state index in [0.717, 1.165) is 19.3 Å². The van der Waals surface area contributed by atoms with Crippen LogP contribution < -0.4 is 5.73 Å². The van der Waals surface area contributed by atoms with Gasteiger partial charge in [0, 0.05) is 0 Å². The van der Waals surface area contributed by atoms with Crippen LogP contribution in [0.3, 0.4) is 0 Å². The molecule has 1 aliphatic carbocycles. The first kappa shape index (κ1) is 16.0. The highest BCUT2D eigenvalue weighted by Crippen LogP contribution is 2.49. The van der Waals surface area contributed by atoms with E-state index in [2.05, 4.69) is 71.0 Å². The quantitative estimate of drug-likeness (QED) is 0.766. The summed E-state index contributed by atoms with van der Waals surface area (Å²) in [7, 11) is 0. The minimum absolute atomic E-state index is 0.186. The van der Waals surface area contributed by atoms with Gasteiger partial charge in [-0.25, -0.2) is 0 Å². The summed E-state index contributed by atoms with van der Waals surface area (Å²) < 4.78 is 0. The Hall–Kier alpha value is -1.34. The molecule has 0 radical (unpaired) electrons. The summed E-state index contributed by atoms with van der Waals surface area (Å²) in [4.78, 5) is 0.